The predicted octanol–water partition coefficient (Wildman–Crippen LogP) is 9.86. The molecule has 8 aromatic rings. The summed E-state index contributed by atoms with van der Waals surface area (Å²) < 4.78 is 6.15. The van der Waals surface area contributed by atoms with E-state index >= 15 is 0 Å². The number of hydrogen-bond donors (Lipinski definition) is 0. The van der Waals surface area contributed by atoms with Crippen LogP contribution in [0.2, 0.25) is 0 Å². The highest BCUT2D eigenvalue weighted by atomic mass is 79.9. The molecule has 0 unspecified atom stereocenters. The van der Waals surface area contributed by atoms with Gasteiger partial charge in [-0.1, -0.05) is 72.8 Å². The van der Waals surface area contributed by atoms with Crippen LogP contribution in [-0.2, 0) is 0 Å². The topological polar surface area (TPSA) is 35.6 Å². The summed E-state index contributed by atoms with van der Waals surface area (Å²) in [5, 5.41) is 4.71. The highest BCUT2D eigenvalue weighted by molar-refractivity contribution is 9.11. The maximum atomic E-state index is 4.96. The van der Waals surface area contributed by atoms with E-state index in [1.165, 1.54) is 10.8 Å². The van der Waals surface area contributed by atoms with Crippen molar-refractivity contribution in [2.24, 2.45) is 0 Å². The summed E-state index contributed by atoms with van der Waals surface area (Å²) >= 11 is 7.28. The Kier molecular flexibility index (Phi) is 5.40. The quantitative estimate of drug-likeness (QED) is 0.180. The molecule has 8 rings (SSSR count). The van der Waals surface area contributed by atoms with Gasteiger partial charge >= 0.3 is 0 Å². The average Bonchev–Trinajstić information content (AvgIpc) is 3.49. The molecule has 40 heavy (non-hydrogen) atoms. The molecule has 0 aliphatic rings. The summed E-state index contributed by atoms with van der Waals surface area (Å²) in [5.74, 6) is 0.650. The predicted molar refractivity (Wildman–Crippen MR) is 172 cm³/mol. The van der Waals surface area contributed by atoms with Crippen LogP contribution in [0.1, 0.15) is 0 Å². The van der Waals surface area contributed by atoms with Gasteiger partial charge in [-0.15, -0.1) is 0 Å². The van der Waals surface area contributed by atoms with Gasteiger partial charge in [0.05, 0.1) is 27.6 Å². The Morgan fingerprint density at radius 3 is 1.35 bits per heavy atom. The molecular weight excluding hydrogens is 624 g/mol. The third-order valence-electron chi connectivity index (χ3n) is 7.51. The molecular formula is C34H20Br2N4. The third kappa shape index (κ3) is 3.49. The van der Waals surface area contributed by atoms with Crippen LogP contribution >= 0.6 is 31.9 Å². The molecule has 0 aliphatic heterocycles. The van der Waals surface area contributed by atoms with Crippen molar-refractivity contribution in [3.8, 4) is 22.8 Å². The van der Waals surface area contributed by atoms with E-state index < -0.39 is 0 Å². The maximum absolute atomic E-state index is 4.96. The molecule has 3 aromatic heterocycles. The van der Waals surface area contributed by atoms with E-state index in [1.807, 2.05) is 6.07 Å². The Morgan fingerprint density at radius 2 is 0.875 bits per heavy atom. The second-order valence-electron chi connectivity index (χ2n) is 9.76. The van der Waals surface area contributed by atoms with Crippen molar-refractivity contribution in [3.63, 3.8) is 0 Å². The van der Waals surface area contributed by atoms with Crippen LogP contribution in [0.25, 0.3) is 66.4 Å². The van der Waals surface area contributed by atoms with Crippen LogP contribution in [0.15, 0.2) is 131 Å². The molecule has 0 fully saturated rings. The number of hydrogen-bond acceptors (Lipinski definition) is 2. The molecule has 190 valence electrons. The van der Waals surface area contributed by atoms with Gasteiger partial charge in [0.25, 0.3) is 0 Å². The number of rotatable bonds is 3. The lowest BCUT2D eigenvalue weighted by atomic mass is 10.0. The van der Waals surface area contributed by atoms with Gasteiger partial charge in [-0.25, -0.2) is 9.97 Å². The molecule has 0 atom stereocenters. The van der Waals surface area contributed by atoms with E-state index in [1.54, 1.807) is 0 Å². The summed E-state index contributed by atoms with van der Waals surface area (Å²) in [6.07, 6.45) is 0. The SMILES string of the molecule is Brc1cc(Br)nc(-c2c3c(cc4c5ccccc5n(-c5ccccc5)c24)c2ccccc2n3-c2ccccc2)n1. The number of halogens is 2. The van der Waals surface area contributed by atoms with Gasteiger partial charge in [-0.2, -0.15) is 0 Å². The van der Waals surface area contributed by atoms with E-state index in [4.69, 9.17) is 9.97 Å². The van der Waals surface area contributed by atoms with Gasteiger partial charge in [0.15, 0.2) is 5.82 Å². The Hall–Kier alpha value is -4.26. The van der Waals surface area contributed by atoms with Crippen molar-refractivity contribution >= 4 is 75.5 Å². The molecule has 0 bridgehead atoms. The fourth-order valence-electron chi connectivity index (χ4n) is 5.98. The van der Waals surface area contributed by atoms with Crippen LogP contribution in [0, 0.1) is 0 Å². The Balaban J connectivity index is 1.71. The molecule has 0 aliphatic carbocycles. The smallest absolute Gasteiger partial charge is 0.165 e. The Labute approximate surface area is 246 Å². The zero-order chi connectivity index (χ0) is 26.8. The molecule has 3 heterocycles. The van der Waals surface area contributed by atoms with E-state index in [2.05, 4.69) is 156 Å². The maximum Gasteiger partial charge on any atom is 0.165 e. The van der Waals surface area contributed by atoms with Crippen molar-refractivity contribution in [1.82, 2.24) is 19.1 Å². The van der Waals surface area contributed by atoms with E-state index in [0.29, 0.717) is 5.82 Å². The number of benzene rings is 5. The lowest BCUT2D eigenvalue weighted by Crippen LogP contribution is -2.01. The molecule has 0 N–H and O–H groups in total. The van der Waals surface area contributed by atoms with Crippen LogP contribution in [-0.4, -0.2) is 19.1 Å². The van der Waals surface area contributed by atoms with Gasteiger partial charge in [-0.05, 0) is 74.3 Å². The summed E-state index contributed by atoms with van der Waals surface area (Å²) in [7, 11) is 0. The van der Waals surface area contributed by atoms with E-state index in [-0.39, 0.29) is 0 Å². The highest BCUT2D eigenvalue weighted by Crippen LogP contribution is 2.45. The van der Waals surface area contributed by atoms with Gasteiger partial charge in [0, 0.05) is 39.0 Å². The third-order valence-corrected chi connectivity index (χ3v) is 8.32. The van der Waals surface area contributed by atoms with E-state index in [9.17, 15) is 0 Å². The molecule has 0 spiro atoms. The monoisotopic (exact) mass is 642 g/mol. The van der Waals surface area contributed by atoms with Crippen molar-refractivity contribution < 1.29 is 0 Å². The molecule has 0 saturated carbocycles. The highest BCUT2D eigenvalue weighted by Gasteiger charge is 2.25. The average molecular weight is 644 g/mol. The van der Waals surface area contributed by atoms with Gasteiger partial charge < -0.3 is 9.13 Å². The lowest BCUT2D eigenvalue weighted by molar-refractivity contribution is 1.11. The van der Waals surface area contributed by atoms with Gasteiger partial charge in [-0.3, -0.25) is 0 Å². The number of para-hydroxylation sites is 4. The lowest BCUT2D eigenvalue weighted by Gasteiger charge is -2.15. The summed E-state index contributed by atoms with van der Waals surface area (Å²) in [5.41, 5.74) is 7.59. The standard InChI is InChI=1S/C34H20Br2N4/c35-29-20-30(36)38-34(37-29)31-32-25(23-15-7-9-17-27(23)39(32)21-11-3-1-4-12-21)19-26-24-16-8-10-18-28(24)40(33(26)31)22-13-5-2-6-14-22/h1-20H. The first-order valence-electron chi connectivity index (χ1n) is 13.0. The summed E-state index contributed by atoms with van der Waals surface area (Å²) in [6.45, 7) is 0. The fraction of sp³-hybridized carbons (Fsp3) is 0. The summed E-state index contributed by atoms with van der Waals surface area (Å²) in [6, 6.07) is 42.5. The van der Waals surface area contributed by atoms with Crippen molar-refractivity contribution in [2.75, 3.05) is 0 Å². The zero-order valence-electron chi connectivity index (χ0n) is 21.1. The first kappa shape index (κ1) is 23.6. The molecule has 6 heteroatoms. The van der Waals surface area contributed by atoms with Crippen LogP contribution in [0.5, 0.6) is 0 Å². The summed E-state index contributed by atoms with van der Waals surface area (Å²) in [4.78, 5) is 9.93. The Morgan fingerprint density at radius 1 is 0.450 bits per heavy atom. The van der Waals surface area contributed by atoms with E-state index in [0.717, 1.165) is 59.0 Å². The second kappa shape index (κ2) is 9.15. The van der Waals surface area contributed by atoms with Gasteiger partial charge in [0.2, 0.25) is 0 Å². The Bertz CT molecular complexity index is 2080. The minimum absolute atomic E-state index is 0.650. The molecule has 0 radical (unpaired) electrons. The number of fused-ring (bicyclic) bond motifs is 6. The molecule has 5 aromatic carbocycles. The first-order chi connectivity index (χ1) is 19.7. The van der Waals surface area contributed by atoms with Crippen LogP contribution in [0.4, 0.5) is 0 Å². The second-order valence-corrected chi connectivity index (χ2v) is 11.4. The number of nitrogens with zero attached hydrogens (tertiary/aromatic N) is 4. The fourth-order valence-corrected chi connectivity index (χ4v) is 7.05. The van der Waals surface area contributed by atoms with Crippen molar-refractivity contribution in [1.29, 1.82) is 0 Å². The molecule has 4 nitrogen and oxygen atoms in total. The van der Waals surface area contributed by atoms with Crippen molar-refractivity contribution in [3.05, 3.63) is 131 Å². The largest absolute Gasteiger partial charge is 0.308 e. The first-order valence-corrected chi connectivity index (χ1v) is 14.6. The van der Waals surface area contributed by atoms with Gasteiger partial charge in [0.1, 0.15) is 9.21 Å². The van der Waals surface area contributed by atoms with Crippen LogP contribution < -0.4 is 0 Å². The minimum Gasteiger partial charge on any atom is -0.308 e. The number of aromatic nitrogens is 4. The normalized spacial score (nSPS) is 11.8. The molecule has 0 amide bonds. The zero-order valence-corrected chi connectivity index (χ0v) is 24.3. The molecule has 0 saturated heterocycles. The minimum atomic E-state index is 0.650. The van der Waals surface area contributed by atoms with Crippen molar-refractivity contribution in [2.45, 2.75) is 0 Å². The van der Waals surface area contributed by atoms with Crippen LogP contribution in [0.3, 0.4) is 0 Å².